The number of carbonyl (C=O) groups excluding carboxylic acids is 1. The van der Waals surface area contributed by atoms with Crippen LogP contribution in [0.2, 0.25) is 0 Å². The molecule has 87 valence electrons. The van der Waals surface area contributed by atoms with Crippen LogP contribution in [-0.4, -0.2) is 16.6 Å². The first-order valence-electron chi connectivity index (χ1n) is 5.12. The van der Waals surface area contributed by atoms with Crippen LogP contribution < -0.4 is 5.73 Å². The Hall–Kier alpha value is -1.42. The standard InChI is InChI=1S/C12H17N2O2/c1-12(2,3)16-11(15)8-10(13)9-4-6-14-7-5-9/h4-8,10H,13H2,1-3H3. The highest BCUT2D eigenvalue weighted by molar-refractivity contribution is 5.80. The van der Waals surface area contributed by atoms with E-state index in [-0.39, 0.29) is 0 Å². The quantitative estimate of drug-likeness (QED) is 0.788. The van der Waals surface area contributed by atoms with Gasteiger partial charge in [0.1, 0.15) is 5.60 Å². The molecule has 0 aliphatic heterocycles. The first-order valence-corrected chi connectivity index (χ1v) is 5.12. The third-order valence-corrected chi connectivity index (χ3v) is 1.81. The maximum atomic E-state index is 11.5. The lowest BCUT2D eigenvalue weighted by Crippen LogP contribution is -2.27. The summed E-state index contributed by atoms with van der Waals surface area (Å²) < 4.78 is 5.14. The van der Waals surface area contributed by atoms with E-state index in [1.54, 1.807) is 24.5 Å². The van der Waals surface area contributed by atoms with Crippen LogP contribution in [0, 0.1) is 6.42 Å². The molecule has 1 atom stereocenters. The van der Waals surface area contributed by atoms with Gasteiger partial charge in [0, 0.05) is 18.4 Å². The molecule has 1 unspecified atom stereocenters. The van der Waals surface area contributed by atoms with Gasteiger partial charge in [-0.1, -0.05) is 0 Å². The van der Waals surface area contributed by atoms with E-state index >= 15 is 0 Å². The van der Waals surface area contributed by atoms with Crippen LogP contribution in [-0.2, 0) is 9.53 Å². The van der Waals surface area contributed by atoms with Crippen molar-refractivity contribution in [2.24, 2.45) is 5.73 Å². The average Bonchev–Trinajstić information content (AvgIpc) is 2.16. The monoisotopic (exact) mass is 221 g/mol. The summed E-state index contributed by atoms with van der Waals surface area (Å²) in [6.45, 7) is 5.45. The van der Waals surface area contributed by atoms with Crippen molar-refractivity contribution in [1.29, 1.82) is 0 Å². The Morgan fingerprint density at radius 3 is 2.50 bits per heavy atom. The Morgan fingerprint density at radius 2 is 2.00 bits per heavy atom. The minimum atomic E-state index is -0.494. The fourth-order valence-corrected chi connectivity index (χ4v) is 1.16. The predicted octanol–water partition coefficient (Wildman–Crippen LogP) is 1.63. The summed E-state index contributed by atoms with van der Waals surface area (Å²) in [6, 6.07) is 3.08. The highest BCUT2D eigenvalue weighted by atomic mass is 16.6. The highest BCUT2D eigenvalue weighted by Crippen LogP contribution is 2.15. The van der Waals surface area contributed by atoms with Gasteiger partial charge < -0.3 is 10.5 Å². The largest absolute Gasteiger partial charge is 0.460 e. The zero-order valence-electron chi connectivity index (χ0n) is 9.81. The van der Waals surface area contributed by atoms with Crippen molar-refractivity contribution in [2.75, 3.05) is 0 Å². The molecule has 2 N–H and O–H groups in total. The molecule has 0 saturated heterocycles. The Kier molecular flexibility index (Phi) is 4.01. The number of rotatable bonds is 3. The molecule has 1 radical (unpaired) electrons. The summed E-state index contributed by atoms with van der Waals surface area (Å²) in [5.74, 6) is -0.406. The van der Waals surface area contributed by atoms with E-state index in [2.05, 4.69) is 4.98 Å². The molecular formula is C12H17N2O2. The topological polar surface area (TPSA) is 65.2 Å². The molecule has 4 heteroatoms. The lowest BCUT2D eigenvalue weighted by Gasteiger charge is -2.20. The van der Waals surface area contributed by atoms with Crippen molar-refractivity contribution in [2.45, 2.75) is 32.4 Å². The fourth-order valence-electron chi connectivity index (χ4n) is 1.16. The van der Waals surface area contributed by atoms with Gasteiger partial charge in [-0.05, 0) is 38.5 Å². The molecule has 1 heterocycles. The Balaban J connectivity index is 2.52. The second kappa shape index (κ2) is 5.07. The van der Waals surface area contributed by atoms with Gasteiger partial charge in [-0.2, -0.15) is 0 Å². The van der Waals surface area contributed by atoms with E-state index in [0.717, 1.165) is 5.56 Å². The van der Waals surface area contributed by atoms with Gasteiger partial charge in [0.05, 0.1) is 6.42 Å². The highest BCUT2D eigenvalue weighted by Gasteiger charge is 2.19. The van der Waals surface area contributed by atoms with Gasteiger partial charge in [0.2, 0.25) is 0 Å². The molecule has 4 nitrogen and oxygen atoms in total. The third kappa shape index (κ3) is 4.40. The molecule has 0 aromatic carbocycles. The van der Waals surface area contributed by atoms with Crippen LogP contribution in [0.3, 0.4) is 0 Å². The first kappa shape index (κ1) is 12.6. The number of hydrogen-bond donors (Lipinski definition) is 1. The number of hydrogen-bond acceptors (Lipinski definition) is 4. The van der Waals surface area contributed by atoms with E-state index in [0.29, 0.717) is 0 Å². The second-order valence-electron chi connectivity index (χ2n) is 4.51. The van der Waals surface area contributed by atoms with Crippen molar-refractivity contribution in [3.63, 3.8) is 0 Å². The van der Waals surface area contributed by atoms with Gasteiger partial charge >= 0.3 is 5.97 Å². The van der Waals surface area contributed by atoms with E-state index in [9.17, 15) is 4.79 Å². The van der Waals surface area contributed by atoms with E-state index < -0.39 is 17.6 Å². The number of nitrogens with zero attached hydrogens (tertiary/aromatic N) is 1. The maximum Gasteiger partial charge on any atom is 0.312 e. The summed E-state index contributed by atoms with van der Waals surface area (Å²) >= 11 is 0. The molecule has 0 amide bonds. The molecule has 1 aromatic rings. The molecule has 0 aliphatic carbocycles. The zero-order chi connectivity index (χ0) is 12.2. The van der Waals surface area contributed by atoms with Crippen LogP contribution in [0.15, 0.2) is 24.5 Å². The zero-order valence-corrected chi connectivity index (χ0v) is 9.81. The third-order valence-electron chi connectivity index (χ3n) is 1.81. The van der Waals surface area contributed by atoms with Crippen LogP contribution in [0.25, 0.3) is 0 Å². The molecule has 1 aromatic heterocycles. The van der Waals surface area contributed by atoms with Gasteiger partial charge in [-0.15, -0.1) is 0 Å². The number of ether oxygens (including phenoxy) is 1. The molecule has 0 fully saturated rings. The molecule has 0 spiro atoms. The molecular weight excluding hydrogens is 204 g/mol. The number of carbonyl (C=O) groups is 1. The van der Waals surface area contributed by atoms with Crippen LogP contribution in [0.4, 0.5) is 0 Å². The summed E-state index contributed by atoms with van der Waals surface area (Å²) in [5.41, 5.74) is 6.17. The molecule has 0 bridgehead atoms. The van der Waals surface area contributed by atoms with E-state index in [1.807, 2.05) is 20.8 Å². The van der Waals surface area contributed by atoms with E-state index in [1.165, 1.54) is 6.42 Å². The van der Waals surface area contributed by atoms with Crippen molar-refractivity contribution < 1.29 is 9.53 Å². The van der Waals surface area contributed by atoms with Crippen LogP contribution in [0.1, 0.15) is 32.4 Å². The normalized spacial score (nSPS) is 13.2. The number of esters is 1. The van der Waals surface area contributed by atoms with Crippen molar-refractivity contribution in [3.05, 3.63) is 36.5 Å². The van der Waals surface area contributed by atoms with Crippen molar-refractivity contribution in [3.8, 4) is 0 Å². The van der Waals surface area contributed by atoms with Crippen LogP contribution >= 0.6 is 0 Å². The Bertz CT molecular complexity index is 344. The van der Waals surface area contributed by atoms with Gasteiger partial charge in [0.15, 0.2) is 0 Å². The average molecular weight is 221 g/mol. The molecule has 1 rings (SSSR count). The van der Waals surface area contributed by atoms with Gasteiger partial charge in [-0.25, -0.2) is 0 Å². The Labute approximate surface area is 95.8 Å². The summed E-state index contributed by atoms with van der Waals surface area (Å²) in [5, 5.41) is 0. The Morgan fingerprint density at radius 1 is 1.44 bits per heavy atom. The SMILES string of the molecule is CC(C)(C)OC(=O)[CH]C(N)c1ccncc1. The minimum absolute atomic E-state index is 0.406. The maximum absolute atomic E-state index is 11.5. The van der Waals surface area contributed by atoms with Crippen molar-refractivity contribution >= 4 is 5.97 Å². The summed E-state index contributed by atoms with van der Waals surface area (Å²) in [6.07, 6.45) is 4.64. The predicted molar refractivity (Wildman–Crippen MR) is 61.3 cm³/mol. The lowest BCUT2D eigenvalue weighted by molar-refractivity contribution is -0.150. The summed E-state index contributed by atoms with van der Waals surface area (Å²) in [4.78, 5) is 15.3. The number of aromatic nitrogens is 1. The fraction of sp³-hybridized carbons (Fsp3) is 0.417. The molecule has 0 aliphatic rings. The first-order chi connectivity index (χ1) is 7.38. The van der Waals surface area contributed by atoms with Gasteiger partial charge in [0.25, 0.3) is 0 Å². The second-order valence-corrected chi connectivity index (χ2v) is 4.51. The molecule has 0 saturated carbocycles. The minimum Gasteiger partial charge on any atom is -0.460 e. The smallest absolute Gasteiger partial charge is 0.312 e. The lowest BCUT2D eigenvalue weighted by atomic mass is 10.1. The van der Waals surface area contributed by atoms with E-state index in [4.69, 9.17) is 10.5 Å². The van der Waals surface area contributed by atoms with Crippen LogP contribution in [0.5, 0.6) is 0 Å². The molecule has 16 heavy (non-hydrogen) atoms. The van der Waals surface area contributed by atoms with Crippen molar-refractivity contribution in [1.82, 2.24) is 4.98 Å². The number of nitrogens with two attached hydrogens (primary N) is 1. The summed E-state index contributed by atoms with van der Waals surface area (Å²) in [7, 11) is 0. The number of pyridine rings is 1. The van der Waals surface area contributed by atoms with Gasteiger partial charge in [-0.3, -0.25) is 9.78 Å².